The fourth-order valence-corrected chi connectivity index (χ4v) is 3.91. The molecule has 5 rings (SSSR count). The van der Waals surface area contributed by atoms with Gasteiger partial charge in [-0.2, -0.15) is 5.10 Å². The Bertz CT molecular complexity index is 1030. The number of benzene rings is 1. The van der Waals surface area contributed by atoms with E-state index in [1.54, 1.807) is 0 Å². The van der Waals surface area contributed by atoms with Crippen molar-refractivity contribution in [2.24, 2.45) is 0 Å². The number of piperidine rings is 1. The molecule has 1 saturated heterocycles. The van der Waals surface area contributed by atoms with Crippen LogP contribution in [-0.2, 0) is 4.79 Å². The number of anilines is 1. The fraction of sp³-hybridized carbons (Fsp3) is 0.400. The van der Waals surface area contributed by atoms with Crippen LogP contribution < -0.4 is 14.4 Å². The quantitative estimate of drug-likeness (QED) is 0.635. The van der Waals surface area contributed by atoms with Gasteiger partial charge in [-0.05, 0) is 38.8 Å². The summed E-state index contributed by atoms with van der Waals surface area (Å²) in [6.45, 7) is 5.97. The lowest BCUT2D eigenvalue weighted by Crippen LogP contribution is -2.33. The predicted octanol–water partition coefficient (Wildman–Crippen LogP) is 2.78. The van der Waals surface area contributed by atoms with Crippen molar-refractivity contribution in [3.05, 3.63) is 35.5 Å². The molecule has 1 fully saturated rings. The van der Waals surface area contributed by atoms with Crippen LogP contribution in [0.1, 0.15) is 36.1 Å². The van der Waals surface area contributed by atoms with E-state index in [9.17, 15) is 0 Å². The highest BCUT2D eigenvalue weighted by molar-refractivity contribution is 5.94. The van der Waals surface area contributed by atoms with Gasteiger partial charge in [0.05, 0.1) is 5.52 Å². The molecule has 152 valence electrons. The average Bonchev–Trinajstić information content (AvgIpc) is 3.35. The zero-order valence-corrected chi connectivity index (χ0v) is 16.4. The van der Waals surface area contributed by atoms with Crippen molar-refractivity contribution in [1.82, 2.24) is 20.2 Å². The SMILES string of the molecule is Cc1cc(N2CCC(c3n[nH]c(C)n3)CC2)c2cc3c(cc2n1)OCO3.O=CO. The lowest BCUT2D eigenvalue weighted by Gasteiger charge is -2.33. The normalized spacial score (nSPS) is 15.9. The van der Waals surface area contributed by atoms with E-state index < -0.39 is 0 Å². The van der Waals surface area contributed by atoms with Gasteiger partial charge in [-0.15, -0.1) is 0 Å². The molecule has 2 aliphatic rings. The molecule has 2 N–H and O–H groups in total. The second kappa shape index (κ2) is 7.94. The second-order valence-corrected chi connectivity index (χ2v) is 7.15. The fourth-order valence-electron chi connectivity index (χ4n) is 3.91. The number of hydrogen-bond acceptors (Lipinski definition) is 7. The van der Waals surface area contributed by atoms with Crippen molar-refractivity contribution < 1.29 is 19.4 Å². The average molecular weight is 397 g/mol. The molecule has 0 saturated carbocycles. The smallest absolute Gasteiger partial charge is 0.290 e. The van der Waals surface area contributed by atoms with Gasteiger partial charge in [-0.1, -0.05) is 0 Å². The number of aromatic nitrogens is 4. The number of nitrogens with zero attached hydrogens (tertiary/aromatic N) is 4. The minimum Gasteiger partial charge on any atom is -0.483 e. The third-order valence-electron chi connectivity index (χ3n) is 5.22. The first-order chi connectivity index (χ1) is 14.1. The molecular weight excluding hydrogens is 374 g/mol. The maximum atomic E-state index is 8.36. The van der Waals surface area contributed by atoms with Gasteiger partial charge in [0.25, 0.3) is 6.47 Å². The standard InChI is InChI=1S/C19H21N5O2.CH2O2/c1-11-7-16(14-8-17-18(26-10-25-17)9-15(14)20-11)24-5-3-13(4-6-24)19-21-12(2)22-23-19;2-1-3/h7-9,13H,3-6,10H2,1-2H3,(H,21,22,23);1H,(H,2,3). The highest BCUT2D eigenvalue weighted by Gasteiger charge is 2.26. The van der Waals surface area contributed by atoms with Gasteiger partial charge >= 0.3 is 0 Å². The van der Waals surface area contributed by atoms with Crippen molar-refractivity contribution in [2.75, 3.05) is 24.8 Å². The zero-order valence-electron chi connectivity index (χ0n) is 16.4. The minimum absolute atomic E-state index is 0.250. The zero-order chi connectivity index (χ0) is 20.4. The lowest BCUT2D eigenvalue weighted by atomic mass is 9.95. The van der Waals surface area contributed by atoms with Crippen LogP contribution in [0.25, 0.3) is 10.9 Å². The summed E-state index contributed by atoms with van der Waals surface area (Å²) in [5.74, 6) is 3.83. The summed E-state index contributed by atoms with van der Waals surface area (Å²) in [6.07, 6.45) is 2.09. The number of H-pyrrole nitrogens is 1. The molecule has 0 aliphatic carbocycles. The summed E-state index contributed by atoms with van der Waals surface area (Å²) in [5, 5.41) is 15.3. The molecule has 0 atom stereocenters. The molecule has 2 aliphatic heterocycles. The van der Waals surface area contributed by atoms with Gasteiger partial charge in [0.1, 0.15) is 5.82 Å². The Morgan fingerprint density at radius 2 is 1.83 bits per heavy atom. The molecule has 9 nitrogen and oxygen atoms in total. The number of hydrogen-bond donors (Lipinski definition) is 2. The first kappa shape index (κ1) is 19.0. The van der Waals surface area contributed by atoms with E-state index in [1.165, 1.54) is 5.69 Å². The van der Waals surface area contributed by atoms with Crippen molar-refractivity contribution in [3.8, 4) is 11.5 Å². The predicted molar refractivity (Wildman–Crippen MR) is 107 cm³/mol. The van der Waals surface area contributed by atoms with Crippen molar-refractivity contribution >= 4 is 23.1 Å². The molecule has 29 heavy (non-hydrogen) atoms. The highest BCUT2D eigenvalue weighted by Crippen LogP contribution is 2.40. The minimum atomic E-state index is -0.250. The molecule has 0 bridgehead atoms. The molecular formula is C20H23N5O4. The van der Waals surface area contributed by atoms with E-state index in [2.05, 4.69) is 37.2 Å². The molecule has 9 heteroatoms. The lowest BCUT2D eigenvalue weighted by molar-refractivity contribution is -0.122. The molecule has 0 unspecified atom stereocenters. The number of nitrogens with one attached hydrogen (secondary N) is 1. The van der Waals surface area contributed by atoms with Gasteiger partial charge in [-0.25, -0.2) is 4.98 Å². The monoisotopic (exact) mass is 397 g/mol. The Kier molecular flexibility index (Phi) is 5.20. The summed E-state index contributed by atoms with van der Waals surface area (Å²) in [6, 6.07) is 6.21. The summed E-state index contributed by atoms with van der Waals surface area (Å²) >= 11 is 0. The van der Waals surface area contributed by atoms with Gasteiger partial charge in [0.15, 0.2) is 17.3 Å². The number of fused-ring (bicyclic) bond motifs is 2. The first-order valence-corrected chi connectivity index (χ1v) is 9.51. The largest absolute Gasteiger partial charge is 0.483 e. The Balaban J connectivity index is 0.000000645. The van der Waals surface area contributed by atoms with Crippen LogP contribution in [0, 0.1) is 13.8 Å². The molecule has 4 heterocycles. The van der Waals surface area contributed by atoms with Crippen LogP contribution in [0.15, 0.2) is 18.2 Å². The summed E-state index contributed by atoms with van der Waals surface area (Å²) in [5.41, 5.74) is 3.18. The van der Waals surface area contributed by atoms with Gasteiger partial charge < -0.3 is 19.5 Å². The summed E-state index contributed by atoms with van der Waals surface area (Å²) in [4.78, 5) is 20.0. The van der Waals surface area contributed by atoms with E-state index in [0.717, 1.165) is 65.7 Å². The Morgan fingerprint density at radius 3 is 2.48 bits per heavy atom. The molecule has 1 aromatic carbocycles. The Labute approximate surface area is 167 Å². The van der Waals surface area contributed by atoms with E-state index in [-0.39, 0.29) is 13.3 Å². The number of aryl methyl sites for hydroxylation is 2. The van der Waals surface area contributed by atoms with E-state index >= 15 is 0 Å². The van der Waals surface area contributed by atoms with E-state index in [4.69, 9.17) is 19.4 Å². The highest BCUT2D eigenvalue weighted by atomic mass is 16.7. The maximum Gasteiger partial charge on any atom is 0.290 e. The van der Waals surface area contributed by atoms with Crippen LogP contribution in [0.2, 0.25) is 0 Å². The van der Waals surface area contributed by atoms with Crippen LogP contribution in [-0.4, -0.2) is 51.6 Å². The maximum absolute atomic E-state index is 8.36. The number of aromatic amines is 1. The first-order valence-electron chi connectivity index (χ1n) is 9.51. The number of carbonyl (C=O) groups is 1. The Morgan fingerprint density at radius 1 is 1.14 bits per heavy atom. The van der Waals surface area contributed by atoms with Crippen molar-refractivity contribution in [3.63, 3.8) is 0 Å². The molecule has 0 amide bonds. The van der Waals surface area contributed by atoms with Crippen LogP contribution >= 0.6 is 0 Å². The van der Waals surface area contributed by atoms with Crippen molar-refractivity contribution in [1.29, 1.82) is 0 Å². The summed E-state index contributed by atoms with van der Waals surface area (Å²) in [7, 11) is 0. The summed E-state index contributed by atoms with van der Waals surface area (Å²) < 4.78 is 11.1. The van der Waals surface area contributed by atoms with Crippen LogP contribution in [0.4, 0.5) is 5.69 Å². The topological polar surface area (TPSA) is 113 Å². The van der Waals surface area contributed by atoms with Gasteiger partial charge in [0, 0.05) is 41.8 Å². The molecule has 0 spiro atoms. The number of rotatable bonds is 2. The number of ether oxygens (including phenoxy) is 2. The molecule has 2 aromatic heterocycles. The van der Waals surface area contributed by atoms with E-state index in [0.29, 0.717) is 5.92 Å². The van der Waals surface area contributed by atoms with Crippen LogP contribution in [0.3, 0.4) is 0 Å². The molecule has 0 radical (unpaired) electrons. The number of carboxylic acid groups (broad SMARTS) is 1. The van der Waals surface area contributed by atoms with Crippen LogP contribution in [0.5, 0.6) is 11.5 Å². The second-order valence-electron chi connectivity index (χ2n) is 7.15. The van der Waals surface area contributed by atoms with Gasteiger partial charge in [0.2, 0.25) is 6.79 Å². The third kappa shape index (κ3) is 3.80. The van der Waals surface area contributed by atoms with Gasteiger partial charge in [-0.3, -0.25) is 14.9 Å². The molecule has 3 aromatic rings. The van der Waals surface area contributed by atoms with E-state index in [1.807, 2.05) is 19.9 Å². The Hall–Kier alpha value is -3.36. The number of pyridine rings is 1. The third-order valence-corrected chi connectivity index (χ3v) is 5.22. The van der Waals surface area contributed by atoms with Crippen molar-refractivity contribution in [2.45, 2.75) is 32.6 Å².